The molecule has 2 N–H and O–H groups in total. The fourth-order valence-corrected chi connectivity index (χ4v) is 3.90. The van der Waals surface area contributed by atoms with E-state index in [-0.39, 0.29) is 0 Å². The summed E-state index contributed by atoms with van der Waals surface area (Å²) >= 11 is 0. The normalized spacial score (nSPS) is 28.5. The lowest BCUT2D eigenvalue weighted by atomic mass is 10.0. The molecular weight excluding hydrogens is 232 g/mol. The molecule has 1 aromatic carbocycles. The second kappa shape index (κ2) is 6.06. The van der Waals surface area contributed by atoms with Gasteiger partial charge in [0.15, 0.2) is 0 Å². The van der Waals surface area contributed by atoms with E-state index in [0.29, 0.717) is 6.04 Å². The number of benzene rings is 1. The Hall–Kier alpha value is -0.860. The summed E-state index contributed by atoms with van der Waals surface area (Å²) in [4.78, 5) is 2.62. The zero-order valence-corrected chi connectivity index (χ0v) is 11.8. The molecule has 2 heteroatoms. The maximum atomic E-state index is 6.31. The summed E-state index contributed by atoms with van der Waals surface area (Å²) in [5.41, 5.74) is 7.72. The summed E-state index contributed by atoms with van der Waals surface area (Å²) in [6.07, 6.45) is 6.60. The molecule has 0 aromatic heterocycles. The van der Waals surface area contributed by atoms with Crippen LogP contribution in [-0.4, -0.2) is 30.6 Å². The first-order valence-electron chi connectivity index (χ1n) is 7.83. The van der Waals surface area contributed by atoms with Gasteiger partial charge in [0.05, 0.1) is 0 Å². The maximum absolute atomic E-state index is 6.31. The molecule has 1 aliphatic heterocycles. The molecule has 1 aliphatic carbocycles. The van der Waals surface area contributed by atoms with Crippen LogP contribution in [0.3, 0.4) is 0 Å². The van der Waals surface area contributed by atoms with E-state index in [9.17, 15) is 0 Å². The standard InChI is InChI=1S/C17H26N2/c18-17(10-9-14-5-2-1-3-6-14)13-19-11-15-7-4-8-16(15)12-19/h1-3,5-6,15-17H,4,7-13,18H2. The molecule has 1 saturated heterocycles. The largest absolute Gasteiger partial charge is 0.327 e. The minimum absolute atomic E-state index is 0.332. The van der Waals surface area contributed by atoms with Crippen LogP contribution < -0.4 is 5.73 Å². The average Bonchev–Trinajstić information content (AvgIpc) is 2.98. The molecule has 0 amide bonds. The van der Waals surface area contributed by atoms with Crippen molar-refractivity contribution in [3.05, 3.63) is 35.9 Å². The van der Waals surface area contributed by atoms with Crippen LogP contribution in [-0.2, 0) is 6.42 Å². The molecule has 2 aliphatic rings. The molecule has 0 spiro atoms. The van der Waals surface area contributed by atoms with Gasteiger partial charge in [-0.3, -0.25) is 0 Å². The van der Waals surface area contributed by atoms with Crippen LogP contribution in [0.5, 0.6) is 0 Å². The van der Waals surface area contributed by atoms with Crippen LogP contribution in [0.1, 0.15) is 31.2 Å². The Morgan fingerprint density at radius 2 is 1.79 bits per heavy atom. The number of hydrogen-bond acceptors (Lipinski definition) is 2. The van der Waals surface area contributed by atoms with Gasteiger partial charge in [-0.2, -0.15) is 0 Å². The first-order valence-corrected chi connectivity index (χ1v) is 7.83. The topological polar surface area (TPSA) is 29.3 Å². The SMILES string of the molecule is NC(CCc1ccccc1)CN1CC2CCCC2C1. The predicted octanol–water partition coefficient (Wildman–Crippen LogP) is 2.68. The zero-order valence-electron chi connectivity index (χ0n) is 11.8. The van der Waals surface area contributed by atoms with Gasteiger partial charge in [-0.25, -0.2) is 0 Å². The van der Waals surface area contributed by atoms with Gasteiger partial charge in [-0.1, -0.05) is 36.8 Å². The van der Waals surface area contributed by atoms with E-state index in [4.69, 9.17) is 5.73 Å². The number of hydrogen-bond donors (Lipinski definition) is 1. The maximum Gasteiger partial charge on any atom is 0.0170 e. The van der Waals surface area contributed by atoms with Gasteiger partial charge in [0, 0.05) is 25.7 Å². The molecule has 0 radical (unpaired) electrons. The first-order chi connectivity index (χ1) is 9.31. The fraction of sp³-hybridized carbons (Fsp3) is 0.647. The summed E-state index contributed by atoms with van der Waals surface area (Å²) in [6.45, 7) is 3.72. The van der Waals surface area contributed by atoms with E-state index < -0.39 is 0 Å². The smallest absolute Gasteiger partial charge is 0.0170 e. The lowest BCUT2D eigenvalue weighted by Crippen LogP contribution is -2.37. The third-order valence-electron chi connectivity index (χ3n) is 4.94. The van der Waals surface area contributed by atoms with Crippen LogP contribution in [0.25, 0.3) is 0 Å². The van der Waals surface area contributed by atoms with Crippen LogP contribution in [0, 0.1) is 11.8 Å². The molecule has 104 valence electrons. The highest BCUT2D eigenvalue weighted by Crippen LogP contribution is 2.37. The van der Waals surface area contributed by atoms with Crippen LogP contribution >= 0.6 is 0 Å². The third-order valence-corrected chi connectivity index (χ3v) is 4.94. The summed E-state index contributed by atoms with van der Waals surface area (Å²) in [5.74, 6) is 1.97. The number of rotatable bonds is 5. The van der Waals surface area contributed by atoms with Crippen molar-refractivity contribution in [2.45, 2.75) is 38.1 Å². The highest BCUT2D eigenvalue weighted by Gasteiger charge is 2.36. The van der Waals surface area contributed by atoms with Crippen molar-refractivity contribution in [1.29, 1.82) is 0 Å². The molecule has 3 rings (SSSR count). The number of fused-ring (bicyclic) bond motifs is 1. The second-order valence-corrected chi connectivity index (χ2v) is 6.45. The van der Waals surface area contributed by atoms with Crippen molar-refractivity contribution in [3.8, 4) is 0 Å². The van der Waals surface area contributed by atoms with Crippen molar-refractivity contribution in [2.24, 2.45) is 17.6 Å². The van der Waals surface area contributed by atoms with Gasteiger partial charge >= 0.3 is 0 Å². The van der Waals surface area contributed by atoms with Gasteiger partial charge in [-0.15, -0.1) is 0 Å². The van der Waals surface area contributed by atoms with Gasteiger partial charge in [-0.05, 0) is 43.1 Å². The van der Waals surface area contributed by atoms with Crippen LogP contribution in [0.15, 0.2) is 30.3 Å². The van der Waals surface area contributed by atoms with E-state index in [1.165, 1.54) is 37.9 Å². The highest BCUT2D eigenvalue weighted by molar-refractivity contribution is 5.14. The molecule has 3 atom stereocenters. The van der Waals surface area contributed by atoms with E-state index in [1.54, 1.807) is 0 Å². The lowest BCUT2D eigenvalue weighted by molar-refractivity contribution is 0.285. The molecule has 2 nitrogen and oxygen atoms in total. The van der Waals surface area contributed by atoms with Gasteiger partial charge in [0.25, 0.3) is 0 Å². The first kappa shape index (κ1) is 13.1. The molecule has 3 unspecified atom stereocenters. The molecule has 0 bridgehead atoms. The Balaban J connectivity index is 1.41. The van der Waals surface area contributed by atoms with E-state index in [0.717, 1.165) is 31.2 Å². The van der Waals surface area contributed by atoms with Crippen molar-refractivity contribution in [1.82, 2.24) is 4.90 Å². The molecule has 1 heterocycles. The van der Waals surface area contributed by atoms with Gasteiger partial charge in [0.1, 0.15) is 0 Å². The Labute approximate surface area is 117 Å². The Kier molecular flexibility index (Phi) is 4.19. The summed E-state index contributed by atoms with van der Waals surface area (Å²) < 4.78 is 0. The molecule has 1 saturated carbocycles. The molecule has 19 heavy (non-hydrogen) atoms. The Bertz CT molecular complexity index is 378. The zero-order chi connectivity index (χ0) is 13.1. The van der Waals surface area contributed by atoms with Crippen LogP contribution in [0.4, 0.5) is 0 Å². The average molecular weight is 258 g/mol. The third kappa shape index (κ3) is 3.37. The minimum Gasteiger partial charge on any atom is -0.327 e. The van der Waals surface area contributed by atoms with E-state index >= 15 is 0 Å². The van der Waals surface area contributed by atoms with Gasteiger partial charge in [0.2, 0.25) is 0 Å². The fourth-order valence-electron chi connectivity index (χ4n) is 3.90. The number of nitrogens with two attached hydrogens (primary N) is 1. The lowest BCUT2D eigenvalue weighted by Gasteiger charge is -2.21. The molecule has 1 aromatic rings. The van der Waals surface area contributed by atoms with E-state index in [1.807, 2.05) is 0 Å². The highest BCUT2D eigenvalue weighted by atomic mass is 15.2. The second-order valence-electron chi connectivity index (χ2n) is 6.45. The summed E-state index contributed by atoms with van der Waals surface area (Å²) in [5, 5.41) is 0. The summed E-state index contributed by atoms with van der Waals surface area (Å²) in [6, 6.07) is 11.0. The van der Waals surface area contributed by atoms with Crippen molar-refractivity contribution in [3.63, 3.8) is 0 Å². The van der Waals surface area contributed by atoms with Crippen molar-refractivity contribution >= 4 is 0 Å². The summed E-state index contributed by atoms with van der Waals surface area (Å²) in [7, 11) is 0. The van der Waals surface area contributed by atoms with Gasteiger partial charge < -0.3 is 10.6 Å². The number of nitrogens with zero attached hydrogens (tertiary/aromatic N) is 1. The van der Waals surface area contributed by atoms with Crippen molar-refractivity contribution < 1.29 is 0 Å². The van der Waals surface area contributed by atoms with E-state index in [2.05, 4.69) is 35.2 Å². The Morgan fingerprint density at radius 3 is 2.47 bits per heavy atom. The predicted molar refractivity (Wildman–Crippen MR) is 80.0 cm³/mol. The quantitative estimate of drug-likeness (QED) is 0.880. The molecular formula is C17H26N2. The molecule has 2 fully saturated rings. The minimum atomic E-state index is 0.332. The number of aryl methyl sites for hydroxylation is 1. The van der Waals surface area contributed by atoms with Crippen LogP contribution in [0.2, 0.25) is 0 Å². The van der Waals surface area contributed by atoms with Crippen molar-refractivity contribution in [2.75, 3.05) is 19.6 Å². The number of likely N-dealkylation sites (tertiary alicyclic amines) is 1. The Morgan fingerprint density at radius 1 is 1.11 bits per heavy atom. The monoisotopic (exact) mass is 258 g/mol.